The minimum atomic E-state index is 0.384. The van der Waals surface area contributed by atoms with Crippen molar-refractivity contribution >= 4 is 11.6 Å². The zero-order chi connectivity index (χ0) is 14.4. The second-order valence-corrected chi connectivity index (χ2v) is 5.58. The summed E-state index contributed by atoms with van der Waals surface area (Å²) in [7, 11) is 2.04. The lowest BCUT2D eigenvalue weighted by Crippen LogP contribution is -2.34. The van der Waals surface area contributed by atoms with Crippen molar-refractivity contribution in [3.8, 4) is 0 Å². The van der Waals surface area contributed by atoms with Gasteiger partial charge in [0.25, 0.3) is 0 Å². The Balaban J connectivity index is 2.05. The fraction of sp³-hybridized carbons (Fsp3) is 0.438. The second kappa shape index (κ2) is 7.46. The van der Waals surface area contributed by atoms with Gasteiger partial charge >= 0.3 is 0 Å². The molecule has 1 aromatic carbocycles. The zero-order valence-corrected chi connectivity index (χ0v) is 12.9. The third-order valence-corrected chi connectivity index (χ3v) is 3.64. The van der Waals surface area contributed by atoms with E-state index < -0.39 is 0 Å². The van der Waals surface area contributed by atoms with Crippen molar-refractivity contribution in [2.45, 2.75) is 32.2 Å². The van der Waals surface area contributed by atoms with Crippen molar-refractivity contribution in [3.63, 3.8) is 0 Å². The third-order valence-electron chi connectivity index (χ3n) is 3.40. The van der Waals surface area contributed by atoms with Crippen LogP contribution in [0.5, 0.6) is 0 Å². The van der Waals surface area contributed by atoms with E-state index in [-0.39, 0.29) is 0 Å². The summed E-state index contributed by atoms with van der Waals surface area (Å²) in [4.78, 5) is 4.42. The molecule has 0 saturated carbocycles. The maximum atomic E-state index is 6.06. The number of hydrogen-bond acceptors (Lipinski definition) is 2. The quantitative estimate of drug-likeness (QED) is 0.849. The Labute approximate surface area is 126 Å². The maximum Gasteiger partial charge on any atom is 0.109 e. The summed E-state index contributed by atoms with van der Waals surface area (Å²) in [6.07, 6.45) is 6.87. The van der Waals surface area contributed by atoms with Crippen LogP contribution in [-0.2, 0) is 19.9 Å². The molecule has 3 nitrogen and oxygen atoms in total. The molecule has 0 saturated heterocycles. The number of imidazole rings is 1. The van der Waals surface area contributed by atoms with Gasteiger partial charge in [0.1, 0.15) is 5.82 Å². The average Bonchev–Trinajstić information content (AvgIpc) is 2.82. The zero-order valence-electron chi connectivity index (χ0n) is 12.1. The number of hydrogen-bond donors (Lipinski definition) is 1. The van der Waals surface area contributed by atoms with E-state index in [1.807, 2.05) is 37.6 Å². The number of aryl methyl sites for hydroxylation is 1. The first-order chi connectivity index (χ1) is 9.69. The van der Waals surface area contributed by atoms with E-state index in [0.717, 1.165) is 36.7 Å². The van der Waals surface area contributed by atoms with Crippen molar-refractivity contribution in [3.05, 3.63) is 53.1 Å². The van der Waals surface area contributed by atoms with E-state index >= 15 is 0 Å². The topological polar surface area (TPSA) is 29.9 Å². The largest absolute Gasteiger partial charge is 0.338 e. The first-order valence-electron chi connectivity index (χ1n) is 7.13. The van der Waals surface area contributed by atoms with Gasteiger partial charge in [-0.1, -0.05) is 30.7 Å². The molecule has 0 aliphatic heterocycles. The summed E-state index contributed by atoms with van der Waals surface area (Å²) in [5.41, 5.74) is 1.26. The summed E-state index contributed by atoms with van der Waals surface area (Å²) in [5, 5.41) is 4.41. The Bertz CT molecular complexity index is 536. The SMILES string of the molecule is CCCNC(Cc1cccc(Cl)c1)Cc1nccn1C. The van der Waals surface area contributed by atoms with Gasteiger partial charge in [0.2, 0.25) is 0 Å². The molecule has 1 heterocycles. The van der Waals surface area contributed by atoms with Crippen LogP contribution in [0.4, 0.5) is 0 Å². The summed E-state index contributed by atoms with van der Waals surface area (Å²) < 4.78 is 2.08. The van der Waals surface area contributed by atoms with Crippen LogP contribution in [0.1, 0.15) is 24.7 Å². The molecule has 0 spiro atoms. The van der Waals surface area contributed by atoms with Gasteiger partial charge in [0, 0.05) is 36.9 Å². The van der Waals surface area contributed by atoms with Gasteiger partial charge in [-0.15, -0.1) is 0 Å². The van der Waals surface area contributed by atoms with Gasteiger partial charge in [-0.25, -0.2) is 4.98 Å². The molecule has 2 aromatic rings. The first-order valence-corrected chi connectivity index (χ1v) is 7.51. The van der Waals surface area contributed by atoms with Crippen LogP contribution < -0.4 is 5.32 Å². The van der Waals surface area contributed by atoms with Crippen LogP contribution in [0.2, 0.25) is 5.02 Å². The molecule has 2 rings (SSSR count). The van der Waals surface area contributed by atoms with Crippen LogP contribution in [0.15, 0.2) is 36.7 Å². The standard InChI is InChI=1S/C16H22ClN3/c1-3-7-18-15(12-16-19-8-9-20(16)2)11-13-5-4-6-14(17)10-13/h4-6,8-10,15,18H,3,7,11-12H2,1-2H3. The Morgan fingerprint density at radius 2 is 2.20 bits per heavy atom. The van der Waals surface area contributed by atoms with Gasteiger partial charge in [-0.2, -0.15) is 0 Å². The predicted molar refractivity (Wildman–Crippen MR) is 84.1 cm³/mol. The van der Waals surface area contributed by atoms with E-state index in [9.17, 15) is 0 Å². The third kappa shape index (κ3) is 4.36. The number of rotatable bonds is 7. The molecular weight excluding hydrogens is 270 g/mol. The molecule has 0 radical (unpaired) electrons. The van der Waals surface area contributed by atoms with Crippen molar-refractivity contribution in [1.29, 1.82) is 0 Å². The van der Waals surface area contributed by atoms with E-state index in [2.05, 4.69) is 27.9 Å². The van der Waals surface area contributed by atoms with Crippen molar-refractivity contribution < 1.29 is 0 Å². The van der Waals surface area contributed by atoms with Crippen LogP contribution in [-0.4, -0.2) is 22.1 Å². The molecule has 4 heteroatoms. The second-order valence-electron chi connectivity index (χ2n) is 5.14. The molecule has 0 aliphatic rings. The normalized spacial score (nSPS) is 12.6. The lowest BCUT2D eigenvalue weighted by atomic mass is 10.0. The molecule has 1 unspecified atom stereocenters. The summed E-state index contributed by atoms with van der Waals surface area (Å²) in [6.45, 7) is 3.21. The molecular formula is C16H22ClN3. The van der Waals surface area contributed by atoms with Crippen LogP contribution in [0, 0.1) is 0 Å². The molecule has 1 atom stereocenters. The van der Waals surface area contributed by atoms with Gasteiger partial charge in [-0.3, -0.25) is 0 Å². The van der Waals surface area contributed by atoms with Crippen LogP contribution >= 0.6 is 11.6 Å². The van der Waals surface area contributed by atoms with Gasteiger partial charge in [0.15, 0.2) is 0 Å². The first kappa shape index (κ1) is 15.1. The number of nitrogens with zero attached hydrogens (tertiary/aromatic N) is 2. The number of aromatic nitrogens is 2. The monoisotopic (exact) mass is 291 g/mol. The molecule has 0 fully saturated rings. The van der Waals surface area contributed by atoms with Crippen molar-refractivity contribution in [2.24, 2.45) is 7.05 Å². The molecule has 108 valence electrons. The average molecular weight is 292 g/mol. The molecule has 0 amide bonds. The Kier molecular flexibility index (Phi) is 5.62. The lowest BCUT2D eigenvalue weighted by molar-refractivity contribution is 0.490. The van der Waals surface area contributed by atoms with E-state index in [1.165, 1.54) is 5.56 Å². The van der Waals surface area contributed by atoms with Gasteiger partial charge in [0.05, 0.1) is 0 Å². The fourth-order valence-corrected chi connectivity index (χ4v) is 2.54. The van der Waals surface area contributed by atoms with Gasteiger partial charge < -0.3 is 9.88 Å². The highest BCUT2D eigenvalue weighted by molar-refractivity contribution is 6.30. The van der Waals surface area contributed by atoms with E-state index in [0.29, 0.717) is 6.04 Å². The molecule has 20 heavy (non-hydrogen) atoms. The minimum Gasteiger partial charge on any atom is -0.338 e. The Morgan fingerprint density at radius 1 is 1.35 bits per heavy atom. The Hall–Kier alpha value is -1.32. The highest BCUT2D eigenvalue weighted by atomic mass is 35.5. The predicted octanol–water partition coefficient (Wildman–Crippen LogP) is 3.23. The number of benzene rings is 1. The molecule has 0 bridgehead atoms. The summed E-state index contributed by atoms with van der Waals surface area (Å²) in [6, 6.07) is 8.48. The molecule has 1 aromatic heterocycles. The summed E-state index contributed by atoms with van der Waals surface area (Å²) in [5.74, 6) is 1.11. The molecule has 0 aliphatic carbocycles. The van der Waals surface area contributed by atoms with E-state index in [4.69, 9.17) is 11.6 Å². The number of nitrogens with one attached hydrogen (secondary N) is 1. The molecule has 1 N–H and O–H groups in total. The minimum absolute atomic E-state index is 0.384. The van der Waals surface area contributed by atoms with Crippen molar-refractivity contribution in [1.82, 2.24) is 14.9 Å². The maximum absolute atomic E-state index is 6.06. The highest BCUT2D eigenvalue weighted by Gasteiger charge is 2.12. The van der Waals surface area contributed by atoms with Crippen LogP contribution in [0.25, 0.3) is 0 Å². The number of halogens is 1. The highest BCUT2D eigenvalue weighted by Crippen LogP contribution is 2.14. The smallest absolute Gasteiger partial charge is 0.109 e. The fourth-order valence-electron chi connectivity index (χ4n) is 2.33. The van der Waals surface area contributed by atoms with E-state index in [1.54, 1.807) is 0 Å². The van der Waals surface area contributed by atoms with Crippen molar-refractivity contribution in [2.75, 3.05) is 6.54 Å². The van der Waals surface area contributed by atoms with Gasteiger partial charge in [-0.05, 0) is 37.1 Å². The van der Waals surface area contributed by atoms with Crippen LogP contribution in [0.3, 0.4) is 0 Å². The summed E-state index contributed by atoms with van der Waals surface area (Å²) >= 11 is 6.06. The Morgan fingerprint density at radius 3 is 2.85 bits per heavy atom. The lowest BCUT2D eigenvalue weighted by Gasteiger charge is -2.18.